The topological polar surface area (TPSA) is 84.1 Å². The number of aryl methyl sites for hydroxylation is 2. The Kier molecular flexibility index (Phi) is 3.92. The molecule has 1 aromatic carbocycles. The van der Waals surface area contributed by atoms with E-state index in [4.69, 9.17) is 4.74 Å². The molecule has 6 nitrogen and oxygen atoms in total. The zero-order chi connectivity index (χ0) is 15.7. The maximum atomic E-state index is 12.3. The van der Waals surface area contributed by atoms with E-state index in [1.165, 1.54) is 5.56 Å². The van der Waals surface area contributed by atoms with Crippen molar-refractivity contribution in [3.8, 4) is 5.75 Å². The minimum absolute atomic E-state index is 0.245. The summed E-state index contributed by atoms with van der Waals surface area (Å²) >= 11 is 0. The van der Waals surface area contributed by atoms with Gasteiger partial charge in [-0.2, -0.15) is 5.10 Å². The Bertz CT molecular complexity index is 777. The number of nitrogens with one attached hydrogen (secondary N) is 2. The number of benzene rings is 1. The monoisotopic (exact) mass is 321 g/mol. The summed E-state index contributed by atoms with van der Waals surface area (Å²) in [7, 11) is -3.53. The first-order valence-electron chi connectivity index (χ1n) is 7.23. The highest BCUT2D eigenvalue weighted by Gasteiger charge is 2.21. The number of aromatic nitrogens is 2. The van der Waals surface area contributed by atoms with Crippen LogP contribution >= 0.6 is 0 Å². The molecule has 3 rings (SSSR count). The standard InChI is InChI=1S/C15H19N3O3S/c1-10-15(11(2)18-17-10)22(19,20)16-7-5-12-3-4-14-13(9-12)6-8-21-14/h3-4,9,16H,5-8H2,1-2H3,(H,17,18). The Balaban J connectivity index is 1.66. The van der Waals surface area contributed by atoms with Crippen LogP contribution in [0.3, 0.4) is 0 Å². The van der Waals surface area contributed by atoms with E-state index < -0.39 is 10.0 Å². The van der Waals surface area contributed by atoms with Crippen molar-refractivity contribution in [2.75, 3.05) is 13.2 Å². The lowest BCUT2D eigenvalue weighted by Crippen LogP contribution is -2.26. The molecule has 0 fully saturated rings. The molecule has 2 heterocycles. The van der Waals surface area contributed by atoms with Crippen molar-refractivity contribution in [2.24, 2.45) is 0 Å². The fourth-order valence-electron chi connectivity index (χ4n) is 2.73. The van der Waals surface area contributed by atoms with Crippen molar-refractivity contribution in [3.05, 3.63) is 40.7 Å². The first-order valence-corrected chi connectivity index (χ1v) is 8.71. The molecule has 7 heteroatoms. The Morgan fingerprint density at radius 2 is 2.18 bits per heavy atom. The van der Waals surface area contributed by atoms with E-state index in [1.807, 2.05) is 12.1 Å². The third-order valence-corrected chi connectivity index (χ3v) is 5.51. The highest BCUT2D eigenvalue weighted by molar-refractivity contribution is 7.89. The van der Waals surface area contributed by atoms with E-state index in [0.29, 0.717) is 24.4 Å². The number of hydrogen-bond donors (Lipinski definition) is 2. The number of hydrogen-bond acceptors (Lipinski definition) is 4. The van der Waals surface area contributed by atoms with E-state index >= 15 is 0 Å². The zero-order valence-corrected chi connectivity index (χ0v) is 13.5. The maximum absolute atomic E-state index is 12.3. The summed E-state index contributed by atoms with van der Waals surface area (Å²) < 4.78 is 32.7. The molecule has 0 aliphatic carbocycles. The van der Waals surface area contributed by atoms with E-state index in [0.717, 1.165) is 24.3 Å². The molecule has 0 spiro atoms. The van der Waals surface area contributed by atoms with Gasteiger partial charge in [-0.1, -0.05) is 12.1 Å². The second kappa shape index (κ2) is 5.73. The minimum Gasteiger partial charge on any atom is -0.493 e. The average Bonchev–Trinajstić information content (AvgIpc) is 3.05. The summed E-state index contributed by atoms with van der Waals surface area (Å²) in [6.45, 7) is 4.46. The Hall–Kier alpha value is -1.86. The molecule has 118 valence electrons. The van der Waals surface area contributed by atoms with Crippen LogP contribution in [-0.4, -0.2) is 31.8 Å². The van der Waals surface area contributed by atoms with Gasteiger partial charge < -0.3 is 4.74 Å². The molecule has 1 aliphatic rings. The summed E-state index contributed by atoms with van der Waals surface area (Å²) in [4.78, 5) is 0.245. The number of aromatic amines is 1. The third kappa shape index (κ3) is 2.86. The molecule has 0 atom stereocenters. The van der Waals surface area contributed by atoms with Gasteiger partial charge in [0.05, 0.1) is 18.0 Å². The molecule has 0 amide bonds. The summed E-state index contributed by atoms with van der Waals surface area (Å²) in [5.74, 6) is 0.939. The molecule has 2 aromatic rings. The van der Waals surface area contributed by atoms with Crippen LogP contribution in [0.2, 0.25) is 0 Å². The third-order valence-electron chi connectivity index (χ3n) is 3.79. The summed E-state index contributed by atoms with van der Waals surface area (Å²) in [6, 6.07) is 6.02. The fourth-order valence-corrected chi connectivity index (χ4v) is 4.13. The van der Waals surface area contributed by atoms with Gasteiger partial charge in [0.2, 0.25) is 10.0 Å². The first-order chi connectivity index (χ1) is 10.5. The van der Waals surface area contributed by atoms with E-state index in [-0.39, 0.29) is 4.90 Å². The van der Waals surface area contributed by atoms with Crippen molar-refractivity contribution < 1.29 is 13.2 Å². The van der Waals surface area contributed by atoms with Crippen molar-refractivity contribution in [3.63, 3.8) is 0 Å². The number of H-pyrrole nitrogens is 1. The fraction of sp³-hybridized carbons (Fsp3) is 0.400. The van der Waals surface area contributed by atoms with Crippen LogP contribution in [0.25, 0.3) is 0 Å². The van der Waals surface area contributed by atoms with Gasteiger partial charge in [0.25, 0.3) is 0 Å². The van der Waals surface area contributed by atoms with Crippen LogP contribution in [0, 0.1) is 13.8 Å². The van der Waals surface area contributed by atoms with Crippen molar-refractivity contribution in [1.82, 2.24) is 14.9 Å². The smallest absolute Gasteiger partial charge is 0.244 e. The number of fused-ring (bicyclic) bond motifs is 1. The lowest BCUT2D eigenvalue weighted by atomic mass is 10.1. The molecule has 0 saturated carbocycles. The van der Waals surface area contributed by atoms with Crippen molar-refractivity contribution in [1.29, 1.82) is 0 Å². The van der Waals surface area contributed by atoms with Gasteiger partial charge in [0, 0.05) is 13.0 Å². The quantitative estimate of drug-likeness (QED) is 0.874. The normalized spacial score (nSPS) is 13.9. The predicted molar refractivity (Wildman–Crippen MR) is 82.6 cm³/mol. The first kappa shape index (κ1) is 15.1. The van der Waals surface area contributed by atoms with Crippen molar-refractivity contribution in [2.45, 2.75) is 31.6 Å². The molecule has 1 aliphatic heterocycles. The molecule has 22 heavy (non-hydrogen) atoms. The van der Waals surface area contributed by atoms with E-state index in [1.54, 1.807) is 13.8 Å². The van der Waals surface area contributed by atoms with Crippen LogP contribution in [0.5, 0.6) is 5.75 Å². The summed E-state index contributed by atoms with van der Waals surface area (Å²) in [6.07, 6.45) is 1.56. The number of ether oxygens (including phenoxy) is 1. The second-order valence-corrected chi connectivity index (χ2v) is 7.16. The molecule has 0 saturated heterocycles. The Morgan fingerprint density at radius 1 is 1.36 bits per heavy atom. The highest BCUT2D eigenvalue weighted by Crippen LogP contribution is 2.26. The highest BCUT2D eigenvalue weighted by atomic mass is 32.2. The van der Waals surface area contributed by atoms with Gasteiger partial charge in [-0.3, -0.25) is 5.10 Å². The van der Waals surface area contributed by atoms with Crippen LogP contribution < -0.4 is 9.46 Å². The molecule has 2 N–H and O–H groups in total. The van der Waals surface area contributed by atoms with Crippen LogP contribution in [0.1, 0.15) is 22.5 Å². The minimum atomic E-state index is -3.53. The van der Waals surface area contributed by atoms with Gasteiger partial charge in [-0.05, 0) is 37.5 Å². The van der Waals surface area contributed by atoms with Crippen LogP contribution in [0.15, 0.2) is 23.1 Å². The van der Waals surface area contributed by atoms with Crippen molar-refractivity contribution >= 4 is 10.0 Å². The summed E-state index contributed by atoms with van der Waals surface area (Å²) in [5.41, 5.74) is 3.34. The van der Waals surface area contributed by atoms with E-state index in [2.05, 4.69) is 21.0 Å². The number of nitrogens with zero attached hydrogens (tertiary/aromatic N) is 1. The molecule has 0 radical (unpaired) electrons. The number of rotatable bonds is 5. The molecule has 1 aromatic heterocycles. The van der Waals surface area contributed by atoms with Gasteiger partial charge in [-0.25, -0.2) is 13.1 Å². The lowest BCUT2D eigenvalue weighted by Gasteiger charge is -2.08. The second-order valence-electron chi connectivity index (χ2n) is 5.45. The average molecular weight is 321 g/mol. The zero-order valence-electron chi connectivity index (χ0n) is 12.6. The largest absolute Gasteiger partial charge is 0.493 e. The van der Waals surface area contributed by atoms with E-state index in [9.17, 15) is 8.42 Å². The van der Waals surface area contributed by atoms with Gasteiger partial charge in [0.15, 0.2) is 0 Å². The maximum Gasteiger partial charge on any atom is 0.244 e. The molecule has 0 unspecified atom stereocenters. The SMILES string of the molecule is Cc1n[nH]c(C)c1S(=O)(=O)NCCc1ccc2c(c1)CCO2. The number of sulfonamides is 1. The summed E-state index contributed by atoms with van der Waals surface area (Å²) in [5, 5.41) is 6.63. The lowest BCUT2D eigenvalue weighted by molar-refractivity contribution is 0.357. The molecule has 0 bridgehead atoms. The molecular weight excluding hydrogens is 302 g/mol. The molecular formula is C15H19N3O3S. The van der Waals surface area contributed by atoms with Crippen LogP contribution in [0.4, 0.5) is 0 Å². The van der Waals surface area contributed by atoms with Gasteiger partial charge in [0.1, 0.15) is 10.6 Å². The van der Waals surface area contributed by atoms with Gasteiger partial charge in [-0.15, -0.1) is 0 Å². The van der Waals surface area contributed by atoms with Crippen LogP contribution in [-0.2, 0) is 22.9 Å². The Labute approximate surface area is 129 Å². The Morgan fingerprint density at radius 3 is 2.91 bits per heavy atom. The predicted octanol–water partition coefficient (Wildman–Crippen LogP) is 1.48. The van der Waals surface area contributed by atoms with Gasteiger partial charge >= 0.3 is 0 Å².